The number of hydrogen-bond acceptors (Lipinski definition) is 5. The number of hydrogen-bond donors (Lipinski definition) is 1. The van der Waals surface area contributed by atoms with Gasteiger partial charge in [-0.3, -0.25) is 14.4 Å². The fraction of sp³-hybridized carbons (Fsp3) is 0.741. The summed E-state index contributed by atoms with van der Waals surface area (Å²) in [6.45, 7) is 16.5. The summed E-state index contributed by atoms with van der Waals surface area (Å²) >= 11 is 0. The highest BCUT2D eigenvalue weighted by Crippen LogP contribution is 2.65. The van der Waals surface area contributed by atoms with E-state index in [0.29, 0.717) is 25.9 Å². The summed E-state index contributed by atoms with van der Waals surface area (Å²) in [5.41, 5.74) is -1.91. The van der Waals surface area contributed by atoms with Crippen molar-refractivity contribution in [1.29, 1.82) is 0 Å². The lowest BCUT2D eigenvalue weighted by atomic mass is 9.62. The normalized spacial score (nSPS) is 34.0. The molecule has 0 aromatic carbocycles. The summed E-state index contributed by atoms with van der Waals surface area (Å²) in [5.74, 6) is -1.96. The monoisotopic (exact) mass is 489 g/mol. The fourth-order valence-corrected chi connectivity index (χ4v) is 6.75. The molecule has 0 radical (unpaired) electrons. The number of nitrogens with zero attached hydrogens (tertiary/aromatic N) is 3. The second-order valence-electron chi connectivity index (χ2n) is 10.7. The zero-order chi connectivity index (χ0) is 26.1. The van der Waals surface area contributed by atoms with E-state index in [9.17, 15) is 19.5 Å². The zero-order valence-corrected chi connectivity index (χ0v) is 22.0. The first-order valence-electron chi connectivity index (χ1n) is 12.9. The van der Waals surface area contributed by atoms with Crippen molar-refractivity contribution in [1.82, 2.24) is 14.7 Å². The first kappa shape index (κ1) is 27.4. The Kier molecular flexibility index (Phi) is 8.16. The molecule has 8 nitrogen and oxygen atoms in total. The number of likely N-dealkylation sites (tertiary alicyclic amines) is 1. The second-order valence-corrected chi connectivity index (χ2v) is 10.7. The van der Waals surface area contributed by atoms with Gasteiger partial charge in [-0.05, 0) is 39.0 Å². The predicted molar refractivity (Wildman–Crippen MR) is 134 cm³/mol. The van der Waals surface area contributed by atoms with Crippen molar-refractivity contribution in [3.63, 3.8) is 0 Å². The number of aliphatic hydroxyl groups is 1. The van der Waals surface area contributed by atoms with Crippen LogP contribution in [0.4, 0.5) is 0 Å². The van der Waals surface area contributed by atoms with E-state index in [4.69, 9.17) is 4.74 Å². The summed E-state index contributed by atoms with van der Waals surface area (Å²) in [6.07, 6.45) is 6.01. The Morgan fingerprint density at radius 1 is 1.29 bits per heavy atom. The zero-order valence-electron chi connectivity index (χ0n) is 22.0. The molecule has 3 aliphatic rings. The van der Waals surface area contributed by atoms with Crippen molar-refractivity contribution in [3.05, 3.63) is 25.3 Å². The Morgan fingerprint density at radius 2 is 1.94 bits per heavy atom. The van der Waals surface area contributed by atoms with Crippen molar-refractivity contribution >= 4 is 17.7 Å². The number of amides is 3. The van der Waals surface area contributed by atoms with Gasteiger partial charge in [0.1, 0.15) is 11.6 Å². The largest absolute Gasteiger partial charge is 0.396 e. The molecule has 4 unspecified atom stereocenters. The summed E-state index contributed by atoms with van der Waals surface area (Å²) < 4.78 is 6.76. The minimum atomic E-state index is -1.07. The maximum Gasteiger partial charge on any atom is 0.248 e. The van der Waals surface area contributed by atoms with Gasteiger partial charge in [0.25, 0.3) is 0 Å². The average Bonchev–Trinajstić information content (AvgIpc) is 3.32. The molecule has 0 aliphatic carbocycles. The van der Waals surface area contributed by atoms with E-state index in [2.05, 4.69) is 20.1 Å². The number of carbonyl (C=O) groups is 3. The molecule has 0 aromatic rings. The van der Waals surface area contributed by atoms with Crippen LogP contribution < -0.4 is 0 Å². The van der Waals surface area contributed by atoms with Gasteiger partial charge in [0.05, 0.1) is 17.4 Å². The van der Waals surface area contributed by atoms with E-state index in [0.717, 1.165) is 12.8 Å². The first-order chi connectivity index (χ1) is 16.5. The molecule has 3 rings (SSSR count). The van der Waals surface area contributed by atoms with Gasteiger partial charge in [-0.15, -0.1) is 13.2 Å². The van der Waals surface area contributed by atoms with E-state index in [1.807, 2.05) is 20.8 Å². The van der Waals surface area contributed by atoms with E-state index in [1.54, 1.807) is 33.9 Å². The van der Waals surface area contributed by atoms with Crippen LogP contribution in [0.2, 0.25) is 0 Å². The number of fused-ring (bicyclic) bond motifs is 1. The Balaban J connectivity index is 2.11. The van der Waals surface area contributed by atoms with E-state index in [1.165, 1.54) is 0 Å². The quantitative estimate of drug-likeness (QED) is 0.425. The van der Waals surface area contributed by atoms with E-state index >= 15 is 0 Å². The van der Waals surface area contributed by atoms with Crippen LogP contribution in [0, 0.1) is 17.8 Å². The molecule has 1 N–H and O–H groups in total. The SMILES string of the molecule is C=CCN(C)C(=O)[C@H]1[C@H]2C(=O)N(CCCO)C(C(=O)N(CC=C)C(C)CCC)C23CC(C)[C@]1(C)O3. The van der Waals surface area contributed by atoms with Gasteiger partial charge in [-0.25, -0.2) is 0 Å². The van der Waals surface area contributed by atoms with Crippen LogP contribution in [0.1, 0.15) is 53.4 Å². The molecule has 196 valence electrons. The summed E-state index contributed by atoms with van der Waals surface area (Å²) in [4.78, 5) is 46.9. The highest BCUT2D eigenvalue weighted by atomic mass is 16.5. The number of carbonyl (C=O) groups excluding carboxylic acids is 3. The topological polar surface area (TPSA) is 90.4 Å². The van der Waals surface area contributed by atoms with Crippen LogP contribution in [0.25, 0.3) is 0 Å². The lowest BCUT2D eigenvalue weighted by Gasteiger charge is -2.39. The third-order valence-electron chi connectivity index (χ3n) is 8.50. The number of rotatable bonds is 12. The van der Waals surface area contributed by atoms with Gasteiger partial charge in [0.2, 0.25) is 17.7 Å². The molecule has 0 aromatic heterocycles. The molecule has 0 saturated carbocycles. The molecule has 3 aliphatic heterocycles. The smallest absolute Gasteiger partial charge is 0.248 e. The predicted octanol–water partition coefficient (Wildman–Crippen LogP) is 2.23. The van der Waals surface area contributed by atoms with Crippen LogP contribution in [0.15, 0.2) is 25.3 Å². The Morgan fingerprint density at radius 3 is 2.51 bits per heavy atom. The molecule has 35 heavy (non-hydrogen) atoms. The minimum absolute atomic E-state index is 0.00774. The number of ether oxygens (including phenoxy) is 1. The summed E-state index contributed by atoms with van der Waals surface area (Å²) in [6, 6.07) is -0.865. The minimum Gasteiger partial charge on any atom is -0.396 e. The fourth-order valence-electron chi connectivity index (χ4n) is 6.75. The molecule has 7 atom stereocenters. The molecule has 1 spiro atoms. The van der Waals surface area contributed by atoms with Crippen LogP contribution >= 0.6 is 0 Å². The molecular weight excluding hydrogens is 446 g/mol. The highest BCUT2D eigenvalue weighted by Gasteiger charge is 2.80. The number of likely N-dealkylation sites (N-methyl/N-ethyl adjacent to an activating group) is 1. The third kappa shape index (κ3) is 4.22. The van der Waals surface area contributed by atoms with Crippen LogP contribution in [0.5, 0.6) is 0 Å². The third-order valence-corrected chi connectivity index (χ3v) is 8.50. The second kappa shape index (κ2) is 10.4. The van der Waals surface area contributed by atoms with Crippen molar-refractivity contribution in [3.8, 4) is 0 Å². The van der Waals surface area contributed by atoms with Crippen molar-refractivity contribution in [2.45, 2.75) is 76.7 Å². The van der Waals surface area contributed by atoms with Gasteiger partial charge in [-0.1, -0.05) is 32.4 Å². The van der Waals surface area contributed by atoms with Gasteiger partial charge in [0.15, 0.2) is 0 Å². The Bertz CT molecular complexity index is 862. The van der Waals surface area contributed by atoms with Crippen LogP contribution in [-0.4, -0.2) is 94.1 Å². The van der Waals surface area contributed by atoms with Gasteiger partial charge < -0.3 is 24.5 Å². The average molecular weight is 490 g/mol. The molecule has 8 heteroatoms. The molecule has 3 amide bonds. The van der Waals surface area contributed by atoms with Crippen LogP contribution in [0.3, 0.4) is 0 Å². The van der Waals surface area contributed by atoms with Gasteiger partial charge >= 0.3 is 0 Å². The standard InChI is InChI=1S/C27H43N3O5/c1-8-12-19(5)29(14-10-3)25(34)22-27-17-18(4)26(6,35-27)20(23(32)28(7)13-9-2)21(27)24(33)30(22)15-11-16-31/h9-10,18-22,31H,2-3,8,11-17H2,1,4-7H3/t18?,19?,20-,21+,22?,26+,27?/m1/s1. The summed E-state index contributed by atoms with van der Waals surface area (Å²) in [5, 5.41) is 9.53. The maximum absolute atomic E-state index is 14.3. The lowest BCUT2D eigenvalue weighted by Crippen LogP contribution is -2.58. The van der Waals surface area contributed by atoms with Crippen molar-refractivity contribution in [2.75, 3.05) is 33.3 Å². The van der Waals surface area contributed by atoms with Gasteiger partial charge in [-0.2, -0.15) is 0 Å². The Labute approximate surface area is 210 Å². The van der Waals surface area contributed by atoms with Crippen molar-refractivity contribution in [2.24, 2.45) is 17.8 Å². The first-order valence-corrected chi connectivity index (χ1v) is 12.9. The maximum atomic E-state index is 14.3. The lowest BCUT2D eigenvalue weighted by molar-refractivity contribution is -0.155. The van der Waals surface area contributed by atoms with Gasteiger partial charge in [0, 0.05) is 39.3 Å². The van der Waals surface area contributed by atoms with Crippen LogP contribution in [-0.2, 0) is 19.1 Å². The molecule has 3 fully saturated rings. The van der Waals surface area contributed by atoms with Crippen molar-refractivity contribution < 1.29 is 24.2 Å². The highest BCUT2D eigenvalue weighted by molar-refractivity contribution is 5.99. The summed E-state index contributed by atoms with van der Waals surface area (Å²) in [7, 11) is 1.71. The number of aliphatic hydroxyl groups excluding tert-OH is 1. The Hall–Kier alpha value is -2.19. The molecule has 2 bridgehead atoms. The molecule has 3 heterocycles. The van der Waals surface area contributed by atoms with E-state index in [-0.39, 0.29) is 42.8 Å². The van der Waals surface area contributed by atoms with E-state index < -0.39 is 29.1 Å². The molecule has 3 saturated heterocycles. The molecular formula is C27H43N3O5.